The molecule has 0 aliphatic heterocycles. The Morgan fingerprint density at radius 3 is 2.04 bits per heavy atom. The SMILES string of the molecule is CC(C)CC(=O)OC(OC(=O)C(N)C1(C(=O)O)CCCCC1)C(C)C. The minimum absolute atomic E-state index is 0.121. The van der Waals surface area contributed by atoms with Crippen molar-refractivity contribution in [1.82, 2.24) is 0 Å². The Kier molecular flexibility index (Phi) is 7.86. The molecule has 0 bridgehead atoms. The van der Waals surface area contributed by atoms with Gasteiger partial charge < -0.3 is 20.3 Å². The number of rotatable bonds is 8. The van der Waals surface area contributed by atoms with E-state index >= 15 is 0 Å². The first-order valence-electron chi connectivity index (χ1n) is 8.99. The van der Waals surface area contributed by atoms with E-state index in [1.165, 1.54) is 0 Å². The monoisotopic (exact) mass is 357 g/mol. The first-order chi connectivity index (χ1) is 11.6. The topological polar surface area (TPSA) is 116 Å². The van der Waals surface area contributed by atoms with Crippen molar-refractivity contribution in [2.75, 3.05) is 0 Å². The zero-order valence-corrected chi connectivity index (χ0v) is 15.6. The molecule has 1 aliphatic rings. The van der Waals surface area contributed by atoms with E-state index in [0.717, 1.165) is 6.42 Å². The van der Waals surface area contributed by atoms with E-state index in [9.17, 15) is 19.5 Å². The standard InChI is InChI=1S/C18H31NO6/c1-11(2)10-13(20)24-16(12(3)4)25-15(21)14(19)18(17(22)23)8-6-5-7-9-18/h11-12,14,16H,5-10,19H2,1-4H3,(H,22,23). The van der Waals surface area contributed by atoms with Crippen LogP contribution >= 0.6 is 0 Å². The van der Waals surface area contributed by atoms with Gasteiger partial charge in [-0.25, -0.2) is 0 Å². The van der Waals surface area contributed by atoms with Gasteiger partial charge in [0.25, 0.3) is 0 Å². The lowest BCUT2D eigenvalue weighted by atomic mass is 9.69. The smallest absolute Gasteiger partial charge is 0.327 e. The van der Waals surface area contributed by atoms with Crippen molar-refractivity contribution in [2.24, 2.45) is 23.0 Å². The Morgan fingerprint density at radius 2 is 1.60 bits per heavy atom. The van der Waals surface area contributed by atoms with Crippen molar-refractivity contribution >= 4 is 17.9 Å². The summed E-state index contributed by atoms with van der Waals surface area (Å²) in [6.45, 7) is 7.26. The van der Waals surface area contributed by atoms with Gasteiger partial charge >= 0.3 is 17.9 Å². The Balaban J connectivity index is 2.81. The number of carbonyl (C=O) groups excluding carboxylic acids is 2. The molecule has 1 fully saturated rings. The molecule has 144 valence electrons. The predicted molar refractivity (Wildman–Crippen MR) is 91.4 cm³/mol. The van der Waals surface area contributed by atoms with Crippen LogP contribution in [0.1, 0.15) is 66.2 Å². The molecule has 2 unspecified atom stereocenters. The van der Waals surface area contributed by atoms with Crippen molar-refractivity contribution in [3.8, 4) is 0 Å². The Morgan fingerprint density at radius 1 is 1.04 bits per heavy atom. The van der Waals surface area contributed by atoms with Gasteiger partial charge in [-0.05, 0) is 18.8 Å². The lowest BCUT2D eigenvalue weighted by Crippen LogP contribution is -2.54. The summed E-state index contributed by atoms with van der Waals surface area (Å²) < 4.78 is 10.5. The lowest BCUT2D eigenvalue weighted by Gasteiger charge is -2.37. The van der Waals surface area contributed by atoms with Crippen LogP contribution in [0.5, 0.6) is 0 Å². The van der Waals surface area contributed by atoms with Crippen LogP contribution in [0.15, 0.2) is 0 Å². The maximum Gasteiger partial charge on any atom is 0.327 e. The number of nitrogens with two attached hydrogens (primary N) is 1. The average molecular weight is 357 g/mol. The predicted octanol–water partition coefficient (Wildman–Crippen LogP) is 2.46. The summed E-state index contributed by atoms with van der Waals surface area (Å²) in [5.41, 5.74) is 4.69. The molecule has 7 nitrogen and oxygen atoms in total. The van der Waals surface area contributed by atoms with Gasteiger partial charge in [0.05, 0.1) is 5.41 Å². The van der Waals surface area contributed by atoms with Gasteiger partial charge in [-0.2, -0.15) is 0 Å². The molecule has 3 N–H and O–H groups in total. The normalized spacial score (nSPS) is 19.3. The van der Waals surface area contributed by atoms with Crippen LogP contribution in [-0.4, -0.2) is 35.3 Å². The zero-order valence-electron chi connectivity index (χ0n) is 15.6. The molecule has 2 atom stereocenters. The minimum Gasteiger partial charge on any atom is -0.481 e. The van der Waals surface area contributed by atoms with Gasteiger partial charge in [0.1, 0.15) is 6.04 Å². The summed E-state index contributed by atoms with van der Waals surface area (Å²) in [6.07, 6.45) is 2.19. The molecule has 1 aliphatic carbocycles. The number of aliphatic carboxylic acids is 1. The molecular formula is C18H31NO6. The summed E-state index contributed by atoms with van der Waals surface area (Å²) in [5.74, 6) is -2.51. The van der Waals surface area contributed by atoms with Gasteiger partial charge in [0.15, 0.2) is 0 Å². The largest absolute Gasteiger partial charge is 0.481 e. The summed E-state index contributed by atoms with van der Waals surface area (Å²) >= 11 is 0. The van der Waals surface area contributed by atoms with E-state index in [-0.39, 0.29) is 18.3 Å². The summed E-state index contributed by atoms with van der Waals surface area (Å²) in [7, 11) is 0. The minimum atomic E-state index is -1.31. The molecule has 0 spiro atoms. The molecule has 0 aromatic carbocycles. The Bertz CT molecular complexity index is 482. The van der Waals surface area contributed by atoms with Crippen LogP contribution in [-0.2, 0) is 23.9 Å². The Hall–Kier alpha value is -1.63. The average Bonchev–Trinajstić information content (AvgIpc) is 2.52. The van der Waals surface area contributed by atoms with Crippen LogP contribution in [0.25, 0.3) is 0 Å². The molecule has 1 rings (SSSR count). The molecule has 0 radical (unpaired) electrons. The van der Waals surface area contributed by atoms with Crippen molar-refractivity contribution in [2.45, 2.75) is 78.6 Å². The number of hydrogen-bond acceptors (Lipinski definition) is 6. The van der Waals surface area contributed by atoms with Crippen LogP contribution < -0.4 is 5.73 Å². The highest BCUT2D eigenvalue weighted by atomic mass is 16.7. The first kappa shape index (κ1) is 21.4. The second kappa shape index (κ2) is 9.17. The van der Waals surface area contributed by atoms with E-state index < -0.39 is 35.7 Å². The van der Waals surface area contributed by atoms with Crippen molar-refractivity contribution in [3.05, 3.63) is 0 Å². The van der Waals surface area contributed by atoms with Gasteiger partial charge in [-0.3, -0.25) is 14.4 Å². The molecule has 0 saturated heterocycles. The van der Waals surface area contributed by atoms with Crippen molar-refractivity contribution in [3.63, 3.8) is 0 Å². The molecular weight excluding hydrogens is 326 g/mol. The van der Waals surface area contributed by atoms with Crippen LogP contribution in [0.4, 0.5) is 0 Å². The van der Waals surface area contributed by atoms with E-state index in [1.54, 1.807) is 13.8 Å². The Labute approximate surface area is 149 Å². The summed E-state index contributed by atoms with van der Waals surface area (Å²) in [6, 6.07) is -1.28. The summed E-state index contributed by atoms with van der Waals surface area (Å²) in [4.78, 5) is 36.1. The number of ether oxygens (including phenoxy) is 2. The molecule has 25 heavy (non-hydrogen) atoms. The second-order valence-corrected chi connectivity index (χ2v) is 7.64. The fraction of sp³-hybridized carbons (Fsp3) is 0.833. The lowest BCUT2D eigenvalue weighted by molar-refractivity contribution is -0.200. The van der Waals surface area contributed by atoms with Crippen molar-refractivity contribution in [1.29, 1.82) is 0 Å². The highest BCUT2D eigenvalue weighted by molar-refractivity contribution is 5.87. The fourth-order valence-electron chi connectivity index (χ4n) is 3.06. The molecule has 1 saturated carbocycles. The van der Waals surface area contributed by atoms with E-state index in [1.807, 2.05) is 13.8 Å². The van der Waals surface area contributed by atoms with Crippen LogP contribution in [0, 0.1) is 17.3 Å². The molecule has 0 aromatic rings. The van der Waals surface area contributed by atoms with Crippen molar-refractivity contribution < 1.29 is 29.0 Å². The number of carboxylic acids is 1. The van der Waals surface area contributed by atoms with Crippen LogP contribution in [0.2, 0.25) is 0 Å². The zero-order chi connectivity index (χ0) is 19.2. The molecule has 0 amide bonds. The van der Waals surface area contributed by atoms with Gasteiger partial charge in [0, 0.05) is 12.3 Å². The number of carbonyl (C=O) groups is 3. The number of hydrogen-bond donors (Lipinski definition) is 2. The van der Waals surface area contributed by atoms with E-state index in [2.05, 4.69) is 0 Å². The fourth-order valence-corrected chi connectivity index (χ4v) is 3.06. The van der Waals surface area contributed by atoms with Gasteiger partial charge in [-0.1, -0.05) is 47.0 Å². The highest BCUT2D eigenvalue weighted by Gasteiger charge is 2.49. The highest BCUT2D eigenvalue weighted by Crippen LogP contribution is 2.39. The molecule has 0 heterocycles. The third-order valence-corrected chi connectivity index (χ3v) is 4.62. The maximum atomic E-state index is 12.5. The molecule has 0 aromatic heterocycles. The van der Waals surface area contributed by atoms with Crippen LogP contribution in [0.3, 0.4) is 0 Å². The third-order valence-electron chi connectivity index (χ3n) is 4.62. The number of carboxylic acid groups (broad SMARTS) is 1. The maximum absolute atomic E-state index is 12.5. The quantitative estimate of drug-likeness (QED) is 0.506. The van der Waals surface area contributed by atoms with E-state index in [0.29, 0.717) is 25.7 Å². The second-order valence-electron chi connectivity index (χ2n) is 7.64. The molecule has 7 heteroatoms. The number of esters is 2. The first-order valence-corrected chi connectivity index (χ1v) is 8.99. The third kappa shape index (κ3) is 5.70. The van der Waals surface area contributed by atoms with Gasteiger partial charge in [-0.15, -0.1) is 0 Å². The van der Waals surface area contributed by atoms with Gasteiger partial charge in [0.2, 0.25) is 6.29 Å². The van der Waals surface area contributed by atoms with E-state index in [4.69, 9.17) is 15.2 Å². The summed E-state index contributed by atoms with van der Waals surface area (Å²) in [5, 5.41) is 9.62.